The first-order chi connectivity index (χ1) is 9.46. The lowest BCUT2D eigenvalue weighted by Gasteiger charge is -2.33. The van der Waals surface area contributed by atoms with E-state index in [1.807, 2.05) is 0 Å². The molecular weight excluding hydrogens is 333 g/mol. The third-order valence-corrected chi connectivity index (χ3v) is 3.92. The summed E-state index contributed by atoms with van der Waals surface area (Å²) in [6.45, 7) is 0.487. The summed E-state index contributed by atoms with van der Waals surface area (Å²) < 4.78 is 19.1. The van der Waals surface area contributed by atoms with Gasteiger partial charge in [-0.3, -0.25) is 4.79 Å². The summed E-state index contributed by atoms with van der Waals surface area (Å²) in [6, 6.07) is 4.29. The second-order valence-electron chi connectivity index (χ2n) is 4.56. The first-order valence-electron chi connectivity index (χ1n) is 6.04. The molecule has 1 aromatic carbocycles. The fourth-order valence-corrected chi connectivity index (χ4v) is 2.44. The third kappa shape index (κ3) is 2.83. The number of hydrogen-bond acceptors (Lipinski definition) is 3. The molecule has 0 bridgehead atoms. The minimum Gasteiger partial charge on any atom is -0.480 e. The fraction of sp³-hybridized carbons (Fsp3) is 0.385. The zero-order valence-electron chi connectivity index (χ0n) is 10.5. The quantitative estimate of drug-likeness (QED) is 0.877. The number of carboxylic acid groups (broad SMARTS) is 1. The van der Waals surface area contributed by atoms with Crippen LogP contribution in [0.4, 0.5) is 4.39 Å². The Morgan fingerprint density at radius 3 is 2.60 bits per heavy atom. The number of rotatable bonds is 3. The predicted octanol–water partition coefficient (Wildman–Crippen LogP) is 1.95. The molecule has 108 valence electrons. The van der Waals surface area contributed by atoms with E-state index >= 15 is 0 Å². The Bertz CT molecular complexity index is 543. The second kappa shape index (κ2) is 5.88. The van der Waals surface area contributed by atoms with E-state index in [1.54, 1.807) is 0 Å². The van der Waals surface area contributed by atoms with Gasteiger partial charge in [-0.05, 0) is 28.1 Å². The fourth-order valence-electron chi connectivity index (χ4n) is 2.08. The maximum absolute atomic E-state index is 13.9. The van der Waals surface area contributed by atoms with Crippen LogP contribution in [0.3, 0.4) is 0 Å². The van der Waals surface area contributed by atoms with Crippen molar-refractivity contribution in [2.75, 3.05) is 13.2 Å². The van der Waals surface area contributed by atoms with Crippen molar-refractivity contribution >= 4 is 27.8 Å². The maximum atomic E-state index is 13.9. The van der Waals surface area contributed by atoms with Crippen molar-refractivity contribution in [3.63, 3.8) is 0 Å². The average Bonchev–Trinajstić information content (AvgIpc) is 2.42. The molecule has 20 heavy (non-hydrogen) atoms. The number of aliphatic carboxylic acids is 1. The third-order valence-electron chi connectivity index (χ3n) is 3.30. The van der Waals surface area contributed by atoms with Crippen LogP contribution in [0.1, 0.15) is 23.2 Å². The molecule has 7 heteroatoms. The van der Waals surface area contributed by atoms with Crippen molar-refractivity contribution in [2.24, 2.45) is 0 Å². The molecule has 5 nitrogen and oxygen atoms in total. The molecule has 1 fully saturated rings. The predicted molar refractivity (Wildman–Crippen MR) is 72.0 cm³/mol. The zero-order chi connectivity index (χ0) is 14.8. The van der Waals surface area contributed by atoms with Gasteiger partial charge in [-0.25, -0.2) is 9.18 Å². The molecule has 0 spiro atoms. The molecule has 2 N–H and O–H groups in total. The van der Waals surface area contributed by atoms with Crippen molar-refractivity contribution in [1.82, 2.24) is 5.32 Å². The molecule has 0 unspecified atom stereocenters. The molecular formula is C13H13BrFNO4. The molecule has 2 rings (SSSR count). The number of benzene rings is 1. The summed E-state index contributed by atoms with van der Waals surface area (Å²) in [4.78, 5) is 23.5. The Kier molecular flexibility index (Phi) is 4.39. The van der Waals surface area contributed by atoms with E-state index in [9.17, 15) is 19.1 Å². The van der Waals surface area contributed by atoms with Gasteiger partial charge in [-0.15, -0.1) is 0 Å². The minimum absolute atomic E-state index is 0.154. The molecule has 1 saturated heterocycles. The Morgan fingerprint density at radius 1 is 1.35 bits per heavy atom. The van der Waals surface area contributed by atoms with Crippen LogP contribution >= 0.6 is 15.9 Å². The smallest absolute Gasteiger partial charge is 0.329 e. The summed E-state index contributed by atoms with van der Waals surface area (Å²) in [6.07, 6.45) is 0.313. The Morgan fingerprint density at radius 2 is 2.00 bits per heavy atom. The number of carbonyl (C=O) groups excluding carboxylic acids is 1. The monoisotopic (exact) mass is 345 g/mol. The van der Waals surface area contributed by atoms with Crippen molar-refractivity contribution in [3.05, 3.63) is 34.1 Å². The van der Waals surface area contributed by atoms with Crippen molar-refractivity contribution in [1.29, 1.82) is 0 Å². The number of halogens is 2. The number of carboxylic acids is 1. The van der Waals surface area contributed by atoms with Gasteiger partial charge >= 0.3 is 5.97 Å². The molecule has 1 aliphatic heterocycles. The van der Waals surface area contributed by atoms with Crippen LogP contribution in [0.5, 0.6) is 0 Å². The molecule has 0 saturated carbocycles. The van der Waals surface area contributed by atoms with Gasteiger partial charge in [0.2, 0.25) is 0 Å². The van der Waals surface area contributed by atoms with Gasteiger partial charge in [0.1, 0.15) is 11.4 Å². The van der Waals surface area contributed by atoms with Crippen LogP contribution in [0.15, 0.2) is 22.7 Å². The zero-order valence-corrected chi connectivity index (χ0v) is 12.1. The Balaban J connectivity index is 2.25. The van der Waals surface area contributed by atoms with Crippen LogP contribution < -0.4 is 5.32 Å². The number of nitrogens with one attached hydrogen (secondary N) is 1. The van der Waals surface area contributed by atoms with Gasteiger partial charge in [0.05, 0.1) is 10.0 Å². The molecule has 1 amide bonds. The van der Waals surface area contributed by atoms with Gasteiger partial charge < -0.3 is 15.2 Å². The van der Waals surface area contributed by atoms with Crippen molar-refractivity contribution in [3.8, 4) is 0 Å². The second-order valence-corrected chi connectivity index (χ2v) is 5.41. The number of carbonyl (C=O) groups is 2. The van der Waals surface area contributed by atoms with Crippen LogP contribution in [-0.2, 0) is 9.53 Å². The molecule has 1 aliphatic rings. The molecule has 0 aliphatic carbocycles. The summed E-state index contributed by atoms with van der Waals surface area (Å²) in [5.41, 5.74) is -1.59. The summed E-state index contributed by atoms with van der Waals surface area (Å²) in [7, 11) is 0. The van der Waals surface area contributed by atoms with Crippen LogP contribution in [-0.4, -0.2) is 35.7 Å². The van der Waals surface area contributed by atoms with E-state index < -0.39 is 23.2 Å². The lowest BCUT2D eigenvalue weighted by atomic mass is 9.89. The van der Waals surface area contributed by atoms with Crippen LogP contribution in [0, 0.1) is 5.82 Å². The first-order valence-corrected chi connectivity index (χ1v) is 6.83. The standard InChI is InChI=1S/C13H13BrFNO4/c14-9-3-1-2-8(10(9)15)11(17)16-13(12(18)19)4-6-20-7-5-13/h1-3H,4-7H2,(H,16,17)(H,18,19). The molecule has 0 aromatic heterocycles. The summed E-state index contributed by atoms with van der Waals surface area (Å²) in [5.74, 6) is -2.59. The van der Waals surface area contributed by atoms with E-state index in [0.29, 0.717) is 0 Å². The highest BCUT2D eigenvalue weighted by Crippen LogP contribution is 2.23. The van der Waals surface area contributed by atoms with E-state index in [2.05, 4.69) is 21.2 Å². The lowest BCUT2D eigenvalue weighted by Crippen LogP contribution is -2.57. The van der Waals surface area contributed by atoms with Gasteiger partial charge in [-0.1, -0.05) is 6.07 Å². The highest BCUT2D eigenvalue weighted by Gasteiger charge is 2.42. The van der Waals surface area contributed by atoms with E-state index in [4.69, 9.17) is 4.74 Å². The summed E-state index contributed by atoms with van der Waals surface area (Å²) in [5, 5.41) is 11.8. The highest BCUT2D eigenvalue weighted by molar-refractivity contribution is 9.10. The number of amides is 1. The minimum atomic E-state index is -1.40. The van der Waals surface area contributed by atoms with Gasteiger partial charge in [0.25, 0.3) is 5.91 Å². The molecule has 1 heterocycles. The number of hydrogen-bond donors (Lipinski definition) is 2. The Labute approximate surface area is 123 Å². The van der Waals surface area contributed by atoms with Crippen molar-refractivity contribution < 1.29 is 23.8 Å². The van der Waals surface area contributed by atoms with E-state index in [0.717, 1.165) is 0 Å². The molecule has 0 radical (unpaired) electrons. The normalized spacial score (nSPS) is 17.5. The van der Waals surface area contributed by atoms with E-state index in [1.165, 1.54) is 18.2 Å². The maximum Gasteiger partial charge on any atom is 0.329 e. The SMILES string of the molecule is O=C(NC1(C(=O)O)CCOCC1)c1cccc(Br)c1F. The first kappa shape index (κ1) is 14.9. The van der Waals surface area contributed by atoms with Gasteiger partial charge in [0.15, 0.2) is 0 Å². The lowest BCUT2D eigenvalue weighted by molar-refractivity contribution is -0.148. The van der Waals surface area contributed by atoms with Gasteiger partial charge in [0, 0.05) is 26.1 Å². The molecule has 0 atom stereocenters. The van der Waals surface area contributed by atoms with Crippen LogP contribution in [0.25, 0.3) is 0 Å². The highest BCUT2D eigenvalue weighted by atomic mass is 79.9. The van der Waals surface area contributed by atoms with Crippen LogP contribution in [0.2, 0.25) is 0 Å². The topological polar surface area (TPSA) is 75.6 Å². The van der Waals surface area contributed by atoms with Gasteiger partial charge in [-0.2, -0.15) is 0 Å². The van der Waals surface area contributed by atoms with E-state index in [-0.39, 0.29) is 36.1 Å². The number of ether oxygens (including phenoxy) is 1. The Hall–Kier alpha value is -1.47. The molecule has 1 aromatic rings. The summed E-state index contributed by atoms with van der Waals surface area (Å²) >= 11 is 2.99. The largest absolute Gasteiger partial charge is 0.480 e. The average molecular weight is 346 g/mol. The van der Waals surface area contributed by atoms with Crippen molar-refractivity contribution in [2.45, 2.75) is 18.4 Å².